The van der Waals surface area contributed by atoms with E-state index < -0.39 is 23.8 Å². The van der Waals surface area contributed by atoms with Gasteiger partial charge in [-0.05, 0) is 6.07 Å². The minimum Gasteiger partial charge on any atom is -0.332 e. The van der Waals surface area contributed by atoms with Crippen LogP contribution in [-0.2, 0) is 0 Å². The summed E-state index contributed by atoms with van der Waals surface area (Å²) in [5.74, 6) is -0.650. The molecule has 0 saturated heterocycles. The van der Waals surface area contributed by atoms with Gasteiger partial charge in [-0.25, -0.2) is 8.78 Å². The maximum atomic E-state index is 12.4. The fraction of sp³-hybridized carbons (Fsp3) is 0.364. The van der Waals surface area contributed by atoms with Gasteiger partial charge in [0, 0.05) is 29.6 Å². The van der Waals surface area contributed by atoms with Gasteiger partial charge in [0.2, 0.25) is 0 Å². The van der Waals surface area contributed by atoms with Crippen molar-refractivity contribution < 1.29 is 18.5 Å². The molecular weight excluding hydrogens is 326 g/mol. The summed E-state index contributed by atoms with van der Waals surface area (Å²) in [6.07, 6.45) is -2.65. The Morgan fingerprint density at radius 1 is 1.47 bits per heavy atom. The molecule has 0 fully saturated rings. The normalized spacial score (nSPS) is 10.5. The van der Waals surface area contributed by atoms with Crippen molar-refractivity contribution in [1.82, 2.24) is 4.90 Å². The van der Waals surface area contributed by atoms with Gasteiger partial charge in [-0.2, -0.15) is 0 Å². The molecule has 1 aromatic carbocycles. The van der Waals surface area contributed by atoms with Gasteiger partial charge >= 0.3 is 0 Å². The lowest BCUT2D eigenvalue weighted by atomic mass is 10.1. The minimum absolute atomic E-state index is 0.0239. The van der Waals surface area contributed by atoms with Gasteiger partial charge in [0.05, 0.1) is 11.5 Å². The third kappa shape index (κ3) is 4.55. The molecule has 0 spiro atoms. The smallest absolute Gasteiger partial charge is 0.270 e. The summed E-state index contributed by atoms with van der Waals surface area (Å²) in [6, 6.07) is 5.02. The number of rotatable bonds is 6. The highest BCUT2D eigenvalue weighted by Crippen LogP contribution is 2.15. The molecular formula is C11H11BrF2N2O3. The number of carbonyl (C=O) groups is 1. The van der Waals surface area contributed by atoms with Crippen LogP contribution < -0.4 is 0 Å². The maximum absolute atomic E-state index is 12.4. The van der Waals surface area contributed by atoms with Gasteiger partial charge in [-0.15, -0.1) is 0 Å². The summed E-state index contributed by atoms with van der Waals surface area (Å²) in [5.41, 5.74) is -0.225. The van der Waals surface area contributed by atoms with Crippen molar-refractivity contribution in [1.29, 1.82) is 0 Å². The lowest BCUT2D eigenvalue weighted by Gasteiger charge is -2.21. The van der Waals surface area contributed by atoms with Crippen LogP contribution in [0.2, 0.25) is 0 Å². The molecule has 0 heterocycles. The van der Waals surface area contributed by atoms with Crippen molar-refractivity contribution in [2.24, 2.45) is 0 Å². The molecule has 1 aromatic rings. The van der Waals surface area contributed by atoms with Crippen LogP contribution in [0.4, 0.5) is 14.5 Å². The van der Waals surface area contributed by atoms with Gasteiger partial charge in [0.25, 0.3) is 18.0 Å². The molecule has 0 radical (unpaired) electrons. The number of amides is 1. The molecule has 0 atom stereocenters. The molecule has 0 N–H and O–H groups in total. The first kappa shape index (κ1) is 15.5. The van der Waals surface area contributed by atoms with Crippen LogP contribution in [0, 0.1) is 10.1 Å². The number of hydrogen-bond acceptors (Lipinski definition) is 3. The quantitative estimate of drug-likeness (QED) is 0.455. The minimum atomic E-state index is -2.65. The topological polar surface area (TPSA) is 63.4 Å². The summed E-state index contributed by atoms with van der Waals surface area (Å²) >= 11 is 3.07. The Morgan fingerprint density at radius 2 is 2.16 bits per heavy atom. The Hall–Kier alpha value is -1.57. The number of carbonyl (C=O) groups excluding carboxylic acids is 1. The largest absolute Gasteiger partial charge is 0.332 e. The molecule has 5 nitrogen and oxygen atoms in total. The third-order valence-corrected chi connectivity index (χ3v) is 2.66. The van der Waals surface area contributed by atoms with Crippen molar-refractivity contribution in [2.45, 2.75) is 6.43 Å². The Bertz CT molecular complexity index is 471. The predicted molar refractivity (Wildman–Crippen MR) is 68.8 cm³/mol. The second-order valence-corrected chi connectivity index (χ2v) is 4.43. The number of nitrogens with zero attached hydrogens (tertiary/aromatic N) is 2. The summed E-state index contributed by atoms with van der Waals surface area (Å²) in [5, 5.41) is 10.9. The van der Waals surface area contributed by atoms with Crippen LogP contribution >= 0.6 is 15.9 Å². The molecule has 104 valence electrons. The van der Waals surface area contributed by atoms with E-state index in [4.69, 9.17) is 0 Å². The highest BCUT2D eigenvalue weighted by molar-refractivity contribution is 9.09. The van der Waals surface area contributed by atoms with E-state index in [9.17, 15) is 23.7 Å². The number of nitro benzene ring substituents is 1. The van der Waals surface area contributed by atoms with Crippen molar-refractivity contribution in [3.8, 4) is 0 Å². The number of hydrogen-bond donors (Lipinski definition) is 0. The molecule has 0 bridgehead atoms. The van der Waals surface area contributed by atoms with Crippen molar-refractivity contribution >= 4 is 27.5 Å². The first-order valence-electron chi connectivity index (χ1n) is 5.33. The number of benzene rings is 1. The van der Waals surface area contributed by atoms with E-state index in [1.54, 1.807) is 0 Å². The van der Waals surface area contributed by atoms with E-state index in [2.05, 4.69) is 15.9 Å². The summed E-state index contributed by atoms with van der Waals surface area (Å²) < 4.78 is 24.7. The fourth-order valence-electron chi connectivity index (χ4n) is 1.48. The lowest BCUT2D eigenvalue weighted by Crippen LogP contribution is -2.36. The molecule has 0 saturated carbocycles. The van der Waals surface area contributed by atoms with Gasteiger partial charge in [-0.3, -0.25) is 14.9 Å². The van der Waals surface area contributed by atoms with Crippen molar-refractivity contribution in [3.05, 3.63) is 39.9 Å². The van der Waals surface area contributed by atoms with Crippen LogP contribution in [0.5, 0.6) is 0 Å². The van der Waals surface area contributed by atoms with Crippen LogP contribution in [0.15, 0.2) is 24.3 Å². The molecule has 0 aromatic heterocycles. The van der Waals surface area contributed by atoms with E-state index in [0.717, 1.165) is 11.0 Å². The molecule has 19 heavy (non-hydrogen) atoms. The zero-order valence-electron chi connectivity index (χ0n) is 9.76. The predicted octanol–water partition coefficient (Wildman–Crippen LogP) is 2.70. The third-order valence-electron chi connectivity index (χ3n) is 2.30. The van der Waals surface area contributed by atoms with Crippen molar-refractivity contribution in [2.75, 3.05) is 18.4 Å². The summed E-state index contributed by atoms with van der Waals surface area (Å²) in [4.78, 5) is 22.9. The molecule has 1 amide bonds. The Balaban J connectivity index is 2.95. The average Bonchev–Trinajstić information content (AvgIpc) is 2.37. The monoisotopic (exact) mass is 336 g/mol. The van der Waals surface area contributed by atoms with E-state index in [1.807, 2.05) is 0 Å². The average molecular weight is 337 g/mol. The Kier molecular flexibility index (Phi) is 5.81. The molecule has 0 aliphatic heterocycles. The van der Waals surface area contributed by atoms with Gasteiger partial charge < -0.3 is 4.90 Å². The number of non-ortho nitro benzene ring substituents is 1. The van der Waals surface area contributed by atoms with Gasteiger partial charge in [-0.1, -0.05) is 22.0 Å². The molecule has 8 heteroatoms. The maximum Gasteiger partial charge on any atom is 0.270 e. The SMILES string of the molecule is O=C(c1cccc([N+](=O)[O-])c1)N(CCBr)CC(F)F. The van der Waals surface area contributed by atoms with E-state index >= 15 is 0 Å². The standard InChI is InChI=1S/C11H11BrF2N2O3/c12-4-5-15(7-10(13)14)11(17)8-2-1-3-9(6-8)16(18)19/h1-3,6,10H,4-5,7H2. The Labute approximate surface area is 116 Å². The number of halogens is 3. The molecule has 0 aliphatic rings. The first-order valence-corrected chi connectivity index (χ1v) is 6.45. The summed E-state index contributed by atoms with van der Waals surface area (Å²) in [6.45, 7) is -0.598. The number of alkyl halides is 3. The highest BCUT2D eigenvalue weighted by Gasteiger charge is 2.20. The van der Waals surface area contributed by atoms with Crippen molar-refractivity contribution in [3.63, 3.8) is 0 Å². The molecule has 0 unspecified atom stereocenters. The lowest BCUT2D eigenvalue weighted by molar-refractivity contribution is -0.384. The Morgan fingerprint density at radius 3 is 2.68 bits per heavy atom. The van der Waals surface area contributed by atoms with E-state index in [-0.39, 0.29) is 17.8 Å². The fourth-order valence-corrected chi connectivity index (χ4v) is 1.91. The van der Waals surface area contributed by atoms with E-state index in [1.165, 1.54) is 18.2 Å². The zero-order valence-corrected chi connectivity index (χ0v) is 11.3. The molecule has 1 rings (SSSR count). The summed E-state index contributed by atoms with van der Waals surface area (Å²) in [7, 11) is 0. The highest BCUT2D eigenvalue weighted by atomic mass is 79.9. The first-order chi connectivity index (χ1) is 8.95. The second-order valence-electron chi connectivity index (χ2n) is 3.64. The molecule has 0 aliphatic carbocycles. The van der Waals surface area contributed by atoms with Crippen LogP contribution in [0.25, 0.3) is 0 Å². The van der Waals surface area contributed by atoms with Crippen LogP contribution in [-0.4, -0.2) is 40.6 Å². The van der Waals surface area contributed by atoms with Gasteiger partial charge in [0.15, 0.2) is 0 Å². The van der Waals surface area contributed by atoms with Crippen LogP contribution in [0.3, 0.4) is 0 Å². The second kappa shape index (κ2) is 7.13. The zero-order chi connectivity index (χ0) is 14.4. The van der Waals surface area contributed by atoms with Gasteiger partial charge in [0.1, 0.15) is 0 Å². The van der Waals surface area contributed by atoms with Crippen LogP contribution in [0.1, 0.15) is 10.4 Å². The number of nitro groups is 1. The van der Waals surface area contributed by atoms with E-state index in [0.29, 0.717) is 5.33 Å².